The predicted octanol–water partition coefficient (Wildman–Crippen LogP) is 4.46. The molecule has 3 rings (SSSR count). The monoisotopic (exact) mass is 342 g/mol. The molecule has 4 heteroatoms. The molecule has 2 aliphatic carbocycles. The van der Waals surface area contributed by atoms with Crippen LogP contribution < -0.4 is 5.73 Å². The molecule has 0 amide bonds. The van der Waals surface area contributed by atoms with E-state index in [-0.39, 0.29) is 5.97 Å². The van der Waals surface area contributed by atoms with Crippen LogP contribution in [0.15, 0.2) is 29.3 Å². The van der Waals surface area contributed by atoms with Crippen molar-refractivity contribution in [2.75, 3.05) is 6.61 Å². The summed E-state index contributed by atoms with van der Waals surface area (Å²) in [7, 11) is 0. The Bertz CT molecular complexity index is 582. The summed E-state index contributed by atoms with van der Waals surface area (Å²) in [6.07, 6.45) is 12.3. The summed E-state index contributed by atoms with van der Waals surface area (Å²) in [5.74, 6) is 0.879. The van der Waals surface area contributed by atoms with Crippen LogP contribution in [0.2, 0.25) is 0 Å². The van der Waals surface area contributed by atoms with Crippen molar-refractivity contribution in [2.45, 2.75) is 70.3 Å². The molecule has 0 unspecified atom stereocenters. The smallest absolute Gasteiger partial charge is 0.338 e. The van der Waals surface area contributed by atoms with Gasteiger partial charge in [-0.15, -0.1) is 0 Å². The molecule has 0 aromatic heterocycles. The molecule has 2 fully saturated rings. The first kappa shape index (κ1) is 18.0. The van der Waals surface area contributed by atoms with Gasteiger partial charge in [0.25, 0.3) is 0 Å². The number of carbonyl (C=O) groups excluding carboxylic acids is 1. The number of hydrogen-bond acceptors (Lipinski definition) is 3. The van der Waals surface area contributed by atoms with E-state index in [2.05, 4.69) is 4.99 Å². The maximum atomic E-state index is 12.2. The number of ether oxygens (including phenoxy) is 1. The summed E-state index contributed by atoms with van der Waals surface area (Å²) >= 11 is 0. The molecule has 0 saturated heterocycles. The van der Waals surface area contributed by atoms with Gasteiger partial charge >= 0.3 is 5.97 Å². The number of esters is 1. The third-order valence-electron chi connectivity index (χ3n) is 5.49. The Balaban J connectivity index is 1.53. The summed E-state index contributed by atoms with van der Waals surface area (Å²) in [4.78, 5) is 16.9. The normalized spacial score (nSPS) is 20.4. The average Bonchev–Trinajstić information content (AvgIpc) is 2.68. The molecule has 0 aliphatic heterocycles. The van der Waals surface area contributed by atoms with Gasteiger partial charge in [-0.3, -0.25) is 4.99 Å². The molecule has 136 valence electrons. The molecule has 1 aromatic rings. The Morgan fingerprint density at radius 1 is 0.920 bits per heavy atom. The second-order valence-electron chi connectivity index (χ2n) is 7.49. The highest BCUT2D eigenvalue weighted by Gasteiger charge is 2.17. The molecule has 1 aromatic carbocycles. The average molecular weight is 342 g/mol. The Morgan fingerprint density at radius 2 is 1.48 bits per heavy atom. The van der Waals surface area contributed by atoms with Crippen LogP contribution in [-0.4, -0.2) is 24.5 Å². The summed E-state index contributed by atoms with van der Waals surface area (Å²) in [6.45, 7) is 0.547. The Morgan fingerprint density at radius 3 is 2.12 bits per heavy atom. The fourth-order valence-electron chi connectivity index (χ4n) is 3.89. The van der Waals surface area contributed by atoms with Crippen LogP contribution in [0.25, 0.3) is 0 Å². The molecule has 0 radical (unpaired) electrons. The predicted molar refractivity (Wildman–Crippen MR) is 101 cm³/mol. The van der Waals surface area contributed by atoms with Crippen LogP contribution in [0.1, 0.15) is 80.1 Å². The van der Waals surface area contributed by atoms with Crippen LogP contribution >= 0.6 is 0 Å². The highest BCUT2D eigenvalue weighted by atomic mass is 16.5. The van der Waals surface area contributed by atoms with Crippen molar-refractivity contribution >= 4 is 11.8 Å². The lowest BCUT2D eigenvalue weighted by molar-refractivity contribution is 0.0410. The standard InChI is InChI=1S/C21H30N2O2/c22-20(23-19-9-5-2-6-10-19)17-11-13-18(14-12-17)21(24)25-15-16-7-3-1-4-8-16/h11-14,16,19H,1-10,15H2,(H2,22,23). The van der Waals surface area contributed by atoms with Gasteiger partial charge < -0.3 is 10.5 Å². The van der Waals surface area contributed by atoms with E-state index in [9.17, 15) is 4.79 Å². The number of rotatable bonds is 5. The Hall–Kier alpha value is -1.84. The van der Waals surface area contributed by atoms with E-state index >= 15 is 0 Å². The van der Waals surface area contributed by atoms with Crippen molar-refractivity contribution in [1.29, 1.82) is 0 Å². The minimum atomic E-state index is -0.236. The van der Waals surface area contributed by atoms with Crippen LogP contribution in [0.4, 0.5) is 0 Å². The van der Waals surface area contributed by atoms with E-state index in [1.54, 1.807) is 12.1 Å². The van der Waals surface area contributed by atoms with Crippen molar-refractivity contribution < 1.29 is 9.53 Å². The van der Waals surface area contributed by atoms with Crippen LogP contribution in [0, 0.1) is 5.92 Å². The largest absolute Gasteiger partial charge is 0.462 e. The maximum Gasteiger partial charge on any atom is 0.338 e. The lowest BCUT2D eigenvalue weighted by atomic mass is 9.90. The van der Waals surface area contributed by atoms with Crippen LogP contribution in [-0.2, 0) is 4.74 Å². The summed E-state index contributed by atoms with van der Waals surface area (Å²) in [5, 5.41) is 0. The van der Waals surface area contributed by atoms with Gasteiger partial charge in [-0.05, 0) is 43.7 Å². The Labute approximate surface area is 150 Å². The van der Waals surface area contributed by atoms with E-state index in [1.807, 2.05) is 12.1 Å². The van der Waals surface area contributed by atoms with Gasteiger partial charge in [0.1, 0.15) is 5.84 Å². The molecule has 4 nitrogen and oxygen atoms in total. The van der Waals surface area contributed by atoms with Crippen LogP contribution in [0.3, 0.4) is 0 Å². The van der Waals surface area contributed by atoms with Gasteiger partial charge in [-0.2, -0.15) is 0 Å². The van der Waals surface area contributed by atoms with E-state index in [4.69, 9.17) is 10.5 Å². The zero-order valence-electron chi connectivity index (χ0n) is 15.1. The van der Waals surface area contributed by atoms with E-state index in [0.717, 1.165) is 18.4 Å². The van der Waals surface area contributed by atoms with Gasteiger partial charge in [0.2, 0.25) is 0 Å². The first-order valence-corrected chi connectivity index (χ1v) is 9.83. The molecule has 25 heavy (non-hydrogen) atoms. The SMILES string of the molecule is NC(=NC1CCCCC1)c1ccc(C(=O)OCC2CCCCC2)cc1. The highest BCUT2D eigenvalue weighted by Crippen LogP contribution is 2.24. The van der Waals surface area contributed by atoms with E-state index < -0.39 is 0 Å². The molecular formula is C21H30N2O2. The van der Waals surface area contributed by atoms with Gasteiger partial charge in [0, 0.05) is 5.56 Å². The minimum absolute atomic E-state index is 0.236. The molecule has 2 saturated carbocycles. The first-order valence-electron chi connectivity index (χ1n) is 9.83. The lowest BCUT2D eigenvalue weighted by Gasteiger charge is -2.21. The number of hydrogen-bond donors (Lipinski definition) is 1. The summed E-state index contributed by atoms with van der Waals surface area (Å²) in [6, 6.07) is 7.69. The highest BCUT2D eigenvalue weighted by molar-refractivity contribution is 5.98. The summed E-state index contributed by atoms with van der Waals surface area (Å²) in [5.41, 5.74) is 7.61. The molecule has 0 heterocycles. The number of amidine groups is 1. The van der Waals surface area contributed by atoms with Crippen molar-refractivity contribution in [3.63, 3.8) is 0 Å². The number of nitrogens with zero attached hydrogens (tertiary/aromatic N) is 1. The second-order valence-corrected chi connectivity index (χ2v) is 7.49. The van der Waals surface area contributed by atoms with Crippen molar-refractivity contribution in [3.05, 3.63) is 35.4 Å². The number of aliphatic imine (C=N–C) groups is 1. The topological polar surface area (TPSA) is 64.7 Å². The fourth-order valence-corrected chi connectivity index (χ4v) is 3.89. The number of benzene rings is 1. The van der Waals surface area contributed by atoms with Crippen LogP contribution in [0.5, 0.6) is 0 Å². The molecule has 2 aliphatic rings. The first-order chi connectivity index (χ1) is 12.2. The quantitative estimate of drug-likeness (QED) is 0.488. The maximum absolute atomic E-state index is 12.2. The third-order valence-corrected chi connectivity index (χ3v) is 5.49. The number of carbonyl (C=O) groups is 1. The van der Waals surface area contributed by atoms with Crippen molar-refractivity contribution in [3.8, 4) is 0 Å². The Kier molecular flexibility index (Phi) is 6.48. The lowest BCUT2D eigenvalue weighted by Crippen LogP contribution is -2.20. The zero-order valence-corrected chi connectivity index (χ0v) is 15.1. The molecule has 0 atom stereocenters. The van der Waals surface area contributed by atoms with E-state index in [1.165, 1.54) is 51.4 Å². The fraction of sp³-hybridized carbons (Fsp3) is 0.619. The molecule has 0 spiro atoms. The van der Waals surface area contributed by atoms with Crippen molar-refractivity contribution in [1.82, 2.24) is 0 Å². The van der Waals surface area contributed by atoms with Crippen molar-refractivity contribution in [2.24, 2.45) is 16.6 Å². The molecular weight excluding hydrogens is 312 g/mol. The molecule has 2 N–H and O–H groups in total. The van der Waals surface area contributed by atoms with Gasteiger partial charge in [0.05, 0.1) is 18.2 Å². The van der Waals surface area contributed by atoms with E-state index in [0.29, 0.717) is 30.0 Å². The number of nitrogens with two attached hydrogens (primary N) is 1. The third kappa shape index (κ3) is 5.32. The second kappa shape index (κ2) is 9.02. The van der Waals surface area contributed by atoms with Gasteiger partial charge in [-0.1, -0.05) is 50.7 Å². The minimum Gasteiger partial charge on any atom is -0.462 e. The van der Waals surface area contributed by atoms with Gasteiger partial charge in [-0.25, -0.2) is 4.79 Å². The van der Waals surface area contributed by atoms with Gasteiger partial charge in [0.15, 0.2) is 0 Å². The zero-order chi connectivity index (χ0) is 17.5. The molecule has 0 bridgehead atoms. The summed E-state index contributed by atoms with van der Waals surface area (Å²) < 4.78 is 5.49.